The highest BCUT2D eigenvalue weighted by Crippen LogP contribution is 2.24. The molecule has 5 heteroatoms. The van der Waals surface area contributed by atoms with Crippen LogP contribution >= 0.6 is 0 Å². The third-order valence-corrected chi connectivity index (χ3v) is 5.53. The van der Waals surface area contributed by atoms with Gasteiger partial charge >= 0.3 is 11.9 Å². The zero-order valence-corrected chi connectivity index (χ0v) is 17.9. The summed E-state index contributed by atoms with van der Waals surface area (Å²) in [5.74, 6) is -0.609. The average molecular weight is 401 g/mol. The van der Waals surface area contributed by atoms with E-state index in [0.717, 1.165) is 57.3 Å². The standard InChI is InChI=1S/C23H44O5/c24-20-14-13-17-21(15-9-5-1-3-7-11-18-22(25)26)16-10-6-2-4-8-12-19-23(27)28/h21,24H,1-20H2,(H,25,26)(H,27,28). The maximum absolute atomic E-state index is 10.5. The molecule has 3 N–H and O–H groups in total. The van der Waals surface area contributed by atoms with Crippen LogP contribution in [-0.4, -0.2) is 33.9 Å². The van der Waals surface area contributed by atoms with E-state index in [-0.39, 0.29) is 0 Å². The Morgan fingerprint density at radius 1 is 0.500 bits per heavy atom. The summed E-state index contributed by atoms with van der Waals surface area (Å²) in [6.07, 6.45) is 19.8. The summed E-state index contributed by atoms with van der Waals surface area (Å²) in [7, 11) is 0. The second-order valence-electron chi connectivity index (χ2n) is 8.19. The summed E-state index contributed by atoms with van der Waals surface area (Å²) in [6.45, 7) is 0.291. The summed E-state index contributed by atoms with van der Waals surface area (Å²) >= 11 is 0. The second-order valence-corrected chi connectivity index (χ2v) is 8.19. The van der Waals surface area contributed by atoms with Crippen LogP contribution in [0.3, 0.4) is 0 Å². The van der Waals surface area contributed by atoms with Crippen LogP contribution in [0.2, 0.25) is 0 Å². The number of carboxylic acids is 2. The Kier molecular flexibility index (Phi) is 19.8. The first-order chi connectivity index (χ1) is 13.6. The molecule has 0 bridgehead atoms. The van der Waals surface area contributed by atoms with Gasteiger partial charge in [-0.25, -0.2) is 0 Å². The van der Waals surface area contributed by atoms with E-state index < -0.39 is 11.9 Å². The third-order valence-electron chi connectivity index (χ3n) is 5.53. The van der Waals surface area contributed by atoms with Gasteiger partial charge in [-0.3, -0.25) is 9.59 Å². The van der Waals surface area contributed by atoms with Gasteiger partial charge in [-0.15, -0.1) is 0 Å². The monoisotopic (exact) mass is 400 g/mol. The molecule has 0 atom stereocenters. The number of carboxylic acid groups (broad SMARTS) is 2. The molecule has 0 aliphatic heterocycles. The lowest BCUT2D eigenvalue weighted by molar-refractivity contribution is -0.138. The summed E-state index contributed by atoms with van der Waals surface area (Å²) < 4.78 is 0. The molecule has 0 aromatic heterocycles. The Balaban J connectivity index is 3.70. The minimum absolute atomic E-state index is 0.291. The van der Waals surface area contributed by atoms with E-state index in [9.17, 15) is 9.59 Å². The number of aliphatic hydroxyl groups excluding tert-OH is 1. The van der Waals surface area contributed by atoms with Crippen molar-refractivity contribution in [3.05, 3.63) is 0 Å². The summed E-state index contributed by atoms with van der Waals surface area (Å²) in [5.41, 5.74) is 0. The van der Waals surface area contributed by atoms with E-state index in [1.807, 2.05) is 0 Å². The molecule has 0 aromatic carbocycles. The fraction of sp³-hybridized carbons (Fsp3) is 0.913. The van der Waals surface area contributed by atoms with Gasteiger partial charge in [0.05, 0.1) is 0 Å². The van der Waals surface area contributed by atoms with Crippen LogP contribution in [0.4, 0.5) is 0 Å². The number of rotatable bonds is 22. The Labute approximate surface area is 171 Å². The Hall–Kier alpha value is -1.10. The van der Waals surface area contributed by atoms with Gasteiger partial charge in [0.2, 0.25) is 0 Å². The van der Waals surface area contributed by atoms with Crippen molar-refractivity contribution in [1.82, 2.24) is 0 Å². The van der Waals surface area contributed by atoms with Gasteiger partial charge in [0.15, 0.2) is 0 Å². The molecule has 0 rings (SSSR count). The summed E-state index contributed by atoms with van der Waals surface area (Å²) in [4.78, 5) is 21.0. The van der Waals surface area contributed by atoms with Crippen molar-refractivity contribution in [2.24, 2.45) is 5.92 Å². The molecule has 0 heterocycles. The Bertz CT molecular complexity index is 340. The van der Waals surface area contributed by atoms with Crippen molar-refractivity contribution in [3.63, 3.8) is 0 Å². The van der Waals surface area contributed by atoms with Crippen molar-refractivity contribution in [2.45, 2.75) is 122 Å². The number of aliphatic hydroxyl groups is 1. The van der Waals surface area contributed by atoms with Crippen LogP contribution in [0, 0.1) is 5.92 Å². The fourth-order valence-electron chi connectivity index (χ4n) is 3.81. The van der Waals surface area contributed by atoms with Gasteiger partial charge in [-0.1, -0.05) is 89.9 Å². The lowest BCUT2D eigenvalue weighted by Crippen LogP contribution is -2.02. The minimum atomic E-state index is -0.689. The van der Waals surface area contributed by atoms with Crippen LogP contribution in [0.5, 0.6) is 0 Å². The lowest BCUT2D eigenvalue weighted by atomic mass is 9.90. The molecule has 0 amide bonds. The smallest absolute Gasteiger partial charge is 0.303 e. The van der Waals surface area contributed by atoms with Crippen molar-refractivity contribution in [2.75, 3.05) is 6.61 Å². The van der Waals surface area contributed by atoms with Crippen molar-refractivity contribution >= 4 is 11.9 Å². The van der Waals surface area contributed by atoms with E-state index in [0.29, 0.717) is 19.4 Å². The zero-order chi connectivity index (χ0) is 20.9. The van der Waals surface area contributed by atoms with Gasteiger partial charge < -0.3 is 15.3 Å². The van der Waals surface area contributed by atoms with Gasteiger partial charge in [-0.2, -0.15) is 0 Å². The van der Waals surface area contributed by atoms with Gasteiger partial charge in [-0.05, 0) is 25.2 Å². The first kappa shape index (κ1) is 26.9. The van der Waals surface area contributed by atoms with E-state index in [1.54, 1.807) is 0 Å². The van der Waals surface area contributed by atoms with E-state index in [4.69, 9.17) is 15.3 Å². The molecule has 0 aromatic rings. The van der Waals surface area contributed by atoms with Crippen LogP contribution < -0.4 is 0 Å². The molecule has 5 nitrogen and oxygen atoms in total. The highest BCUT2D eigenvalue weighted by Gasteiger charge is 2.08. The molecule has 0 unspecified atom stereocenters. The van der Waals surface area contributed by atoms with Crippen molar-refractivity contribution in [3.8, 4) is 0 Å². The van der Waals surface area contributed by atoms with E-state index in [1.165, 1.54) is 57.8 Å². The molecule has 0 aliphatic rings. The van der Waals surface area contributed by atoms with Crippen molar-refractivity contribution < 1.29 is 24.9 Å². The van der Waals surface area contributed by atoms with Crippen LogP contribution in [-0.2, 0) is 9.59 Å². The predicted octanol–water partition coefficient (Wildman–Crippen LogP) is 6.18. The quantitative estimate of drug-likeness (QED) is 0.189. The normalized spacial score (nSPS) is 11.2. The first-order valence-electron chi connectivity index (χ1n) is 11.6. The van der Waals surface area contributed by atoms with E-state index >= 15 is 0 Å². The van der Waals surface area contributed by atoms with Crippen molar-refractivity contribution in [1.29, 1.82) is 0 Å². The Morgan fingerprint density at radius 2 is 0.821 bits per heavy atom. The van der Waals surface area contributed by atoms with Gasteiger partial charge in [0.1, 0.15) is 0 Å². The molecule has 28 heavy (non-hydrogen) atoms. The van der Waals surface area contributed by atoms with Gasteiger partial charge in [0.25, 0.3) is 0 Å². The minimum Gasteiger partial charge on any atom is -0.481 e. The Morgan fingerprint density at radius 3 is 1.18 bits per heavy atom. The second kappa shape index (κ2) is 20.6. The summed E-state index contributed by atoms with van der Waals surface area (Å²) in [6, 6.07) is 0. The first-order valence-corrected chi connectivity index (χ1v) is 11.6. The molecule has 0 aliphatic carbocycles. The number of hydrogen-bond donors (Lipinski definition) is 3. The number of unbranched alkanes of at least 4 members (excludes halogenated alkanes) is 11. The van der Waals surface area contributed by atoms with Crippen LogP contribution in [0.25, 0.3) is 0 Å². The summed E-state index contributed by atoms with van der Waals surface area (Å²) in [5, 5.41) is 26.3. The molecule has 0 fully saturated rings. The molecular formula is C23H44O5. The van der Waals surface area contributed by atoms with Gasteiger partial charge in [0, 0.05) is 19.4 Å². The number of hydrogen-bond acceptors (Lipinski definition) is 3. The van der Waals surface area contributed by atoms with E-state index in [2.05, 4.69) is 0 Å². The lowest BCUT2D eigenvalue weighted by Gasteiger charge is -2.17. The maximum Gasteiger partial charge on any atom is 0.303 e. The molecule has 0 saturated heterocycles. The number of carbonyl (C=O) groups is 2. The maximum atomic E-state index is 10.5. The molecule has 166 valence electrons. The fourth-order valence-corrected chi connectivity index (χ4v) is 3.81. The highest BCUT2D eigenvalue weighted by molar-refractivity contribution is 5.66. The zero-order valence-electron chi connectivity index (χ0n) is 17.9. The topological polar surface area (TPSA) is 94.8 Å². The molecule has 0 radical (unpaired) electrons. The third kappa shape index (κ3) is 21.2. The average Bonchev–Trinajstić information content (AvgIpc) is 2.65. The molecule has 0 saturated carbocycles. The largest absolute Gasteiger partial charge is 0.481 e. The van der Waals surface area contributed by atoms with Crippen LogP contribution in [0.1, 0.15) is 122 Å². The van der Waals surface area contributed by atoms with Crippen LogP contribution in [0.15, 0.2) is 0 Å². The predicted molar refractivity (Wildman–Crippen MR) is 114 cm³/mol. The molecule has 0 spiro atoms. The number of aliphatic carboxylic acids is 2. The highest BCUT2D eigenvalue weighted by atomic mass is 16.4. The molecular weight excluding hydrogens is 356 g/mol. The SMILES string of the molecule is O=C(O)CCCCCCCCC(CCCCO)CCCCCCCCC(=O)O.